The number of hydrogen-bond acceptors (Lipinski definition) is 5. The molecule has 2 N–H and O–H groups in total. The maximum Gasteiger partial charge on any atom is 0.275 e. The van der Waals surface area contributed by atoms with E-state index in [2.05, 4.69) is 20.8 Å². The summed E-state index contributed by atoms with van der Waals surface area (Å²) < 4.78 is 18.5. The Morgan fingerprint density at radius 2 is 1.88 bits per heavy atom. The van der Waals surface area contributed by atoms with Gasteiger partial charge in [-0.25, -0.2) is 4.39 Å². The summed E-state index contributed by atoms with van der Waals surface area (Å²) in [5.74, 6) is -0.872. The van der Waals surface area contributed by atoms with Crippen molar-refractivity contribution in [3.8, 4) is 0 Å². The Morgan fingerprint density at radius 3 is 2.60 bits per heavy atom. The SMILES string of the molecule is Cc1cc(NC(=O)c2cc(C(=O)Nc3ccccc3F)ccn2)no1. The molecule has 2 aromatic heterocycles. The summed E-state index contributed by atoms with van der Waals surface area (Å²) in [4.78, 5) is 28.3. The molecule has 0 aliphatic heterocycles. The first-order valence-corrected chi connectivity index (χ1v) is 7.29. The fourth-order valence-electron chi connectivity index (χ4n) is 2.06. The number of hydrogen-bond donors (Lipinski definition) is 2. The largest absolute Gasteiger partial charge is 0.360 e. The lowest BCUT2D eigenvalue weighted by Gasteiger charge is -2.07. The van der Waals surface area contributed by atoms with Crippen LogP contribution < -0.4 is 10.6 Å². The molecule has 2 heterocycles. The number of nitrogens with one attached hydrogen (secondary N) is 2. The number of anilines is 2. The second-order valence-corrected chi connectivity index (χ2v) is 5.14. The van der Waals surface area contributed by atoms with Crippen molar-refractivity contribution in [3.63, 3.8) is 0 Å². The highest BCUT2D eigenvalue weighted by molar-refractivity contribution is 6.07. The molecule has 0 fully saturated rings. The third-order valence-corrected chi connectivity index (χ3v) is 3.25. The molecule has 0 spiro atoms. The van der Waals surface area contributed by atoms with Gasteiger partial charge in [-0.1, -0.05) is 17.3 Å². The van der Waals surface area contributed by atoms with E-state index in [1.165, 1.54) is 36.5 Å². The first kappa shape index (κ1) is 16.3. The van der Waals surface area contributed by atoms with Gasteiger partial charge in [0.05, 0.1) is 5.69 Å². The van der Waals surface area contributed by atoms with Gasteiger partial charge in [-0.15, -0.1) is 0 Å². The summed E-state index contributed by atoms with van der Waals surface area (Å²) in [7, 11) is 0. The number of carbonyl (C=O) groups excluding carboxylic acids is 2. The van der Waals surface area contributed by atoms with Gasteiger partial charge in [-0.2, -0.15) is 0 Å². The fourth-order valence-corrected chi connectivity index (χ4v) is 2.06. The minimum Gasteiger partial charge on any atom is -0.360 e. The molecule has 0 saturated heterocycles. The van der Waals surface area contributed by atoms with Crippen LogP contribution in [0.2, 0.25) is 0 Å². The molecule has 0 aliphatic rings. The molecular formula is C17H13FN4O3. The number of amides is 2. The van der Waals surface area contributed by atoms with Crippen LogP contribution in [-0.4, -0.2) is 22.0 Å². The van der Waals surface area contributed by atoms with Gasteiger partial charge in [0.15, 0.2) is 5.82 Å². The molecule has 0 bridgehead atoms. The van der Waals surface area contributed by atoms with E-state index >= 15 is 0 Å². The Morgan fingerprint density at radius 1 is 1.08 bits per heavy atom. The molecule has 126 valence electrons. The Bertz CT molecular complexity index is 939. The summed E-state index contributed by atoms with van der Waals surface area (Å²) in [5, 5.41) is 8.60. The minimum atomic E-state index is -0.557. The van der Waals surface area contributed by atoms with Crippen LogP contribution in [0.4, 0.5) is 15.9 Å². The molecule has 2 amide bonds. The lowest BCUT2D eigenvalue weighted by Crippen LogP contribution is -2.17. The topological polar surface area (TPSA) is 97.1 Å². The van der Waals surface area contributed by atoms with Crippen LogP contribution in [-0.2, 0) is 0 Å². The smallest absolute Gasteiger partial charge is 0.275 e. The lowest BCUT2D eigenvalue weighted by molar-refractivity contribution is 0.102. The highest BCUT2D eigenvalue weighted by Gasteiger charge is 2.14. The average molecular weight is 340 g/mol. The van der Waals surface area contributed by atoms with Crippen molar-refractivity contribution >= 4 is 23.3 Å². The van der Waals surface area contributed by atoms with Gasteiger partial charge in [0.1, 0.15) is 17.3 Å². The van der Waals surface area contributed by atoms with Gasteiger partial charge in [-0.05, 0) is 31.2 Å². The van der Waals surface area contributed by atoms with Crippen molar-refractivity contribution in [2.45, 2.75) is 6.92 Å². The van der Waals surface area contributed by atoms with Gasteiger partial charge < -0.3 is 15.2 Å². The van der Waals surface area contributed by atoms with Gasteiger partial charge in [-0.3, -0.25) is 14.6 Å². The number of nitrogens with zero attached hydrogens (tertiary/aromatic N) is 2. The molecule has 0 atom stereocenters. The zero-order valence-electron chi connectivity index (χ0n) is 13.1. The summed E-state index contributed by atoms with van der Waals surface area (Å²) in [6.07, 6.45) is 1.32. The highest BCUT2D eigenvalue weighted by Crippen LogP contribution is 2.15. The van der Waals surface area contributed by atoms with E-state index < -0.39 is 17.6 Å². The summed E-state index contributed by atoms with van der Waals surface area (Å²) in [6.45, 7) is 1.69. The number of aromatic nitrogens is 2. The summed E-state index contributed by atoms with van der Waals surface area (Å²) >= 11 is 0. The van der Waals surface area contributed by atoms with Crippen LogP contribution in [0.1, 0.15) is 26.6 Å². The number of benzene rings is 1. The Kier molecular flexibility index (Phi) is 4.51. The molecule has 0 aliphatic carbocycles. The van der Waals surface area contributed by atoms with Crippen molar-refractivity contribution in [1.82, 2.24) is 10.1 Å². The van der Waals surface area contributed by atoms with Gasteiger partial charge >= 0.3 is 0 Å². The number of pyridine rings is 1. The second kappa shape index (κ2) is 6.91. The van der Waals surface area contributed by atoms with Crippen LogP contribution in [0.3, 0.4) is 0 Å². The lowest BCUT2D eigenvalue weighted by atomic mass is 10.2. The average Bonchev–Trinajstić information content (AvgIpc) is 3.02. The normalized spacial score (nSPS) is 10.3. The molecule has 3 rings (SSSR count). The summed E-state index contributed by atoms with van der Waals surface area (Å²) in [5.41, 5.74) is 0.231. The van der Waals surface area contributed by atoms with E-state index in [0.717, 1.165) is 0 Å². The molecule has 1 aromatic carbocycles. The van der Waals surface area contributed by atoms with Crippen LogP contribution in [0.25, 0.3) is 0 Å². The molecule has 8 heteroatoms. The third-order valence-electron chi connectivity index (χ3n) is 3.25. The molecule has 7 nitrogen and oxygen atoms in total. The second-order valence-electron chi connectivity index (χ2n) is 5.14. The molecule has 0 radical (unpaired) electrons. The Labute approximate surface area is 141 Å². The van der Waals surface area contributed by atoms with E-state index in [1.807, 2.05) is 0 Å². The van der Waals surface area contributed by atoms with Crippen LogP contribution in [0.5, 0.6) is 0 Å². The monoisotopic (exact) mass is 340 g/mol. The Balaban J connectivity index is 1.75. The van der Waals surface area contributed by atoms with Crippen molar-refractivity contribution in [2.75, 3.05) is 10.6 Å². The van der Waals surface area contributed by atoms with Crippen LogP contribution >= 0.6 is 0 Å². The minimum absolute atomic E-state index is 0.0156. The number of para-hydroxylation sites is 1. The predicted octanol–water partition coefficient (Wildman–Crippen LogP) is 3.02. The molecule has 3 aromatic rings. The third kappa shape index (κ3) is 3.86. The summed E-state index contributed by atoms with van der Waals surface area (Å²) in [6, 6.07) is 10.1. The van der Waals surface area contributed by atoms with Crippen LogP contribution in [0.15, 0.2) is 53.2 Å². The van der Waals surface area contributed by atoms with E-state index in [-0.39, 0.29) is 22.8 Å². The van der Waals surface area contributed by atoms with E-state index in [0.29, 0.717) is 5.76 Å². The van der Waals surface area contributed by atoms with Gasteiger partial charge in [0, 0.05) is 17.8 Å². The number of halogens is 1. The fraction of sp³-hybridized carbons (Fsp3) is 0.0588. The number of rotatable bonds is 4. The molecule has 0 unspecified atom stereocenters. The van der Waals surface area contributed by atoms with E-state index in [1.54, 1.807) is 19.1 Å². The van der Waals surface area contributed by atoms with Crippen molar-refractivity contribution in [2.24, 2.45) is 0 Å². The molecule has 0 saturated carbocycles. The maximum absolute atomic E-state index is 13.6. The van der Waals surface area contributed by atoms with Crippen molar-refractivity contribution in [1.29, 1.82) is 0 Å². The first-order chi connectivity index (χ1) is 12.0. The molecular weight excluding hydrogens is 327 g/mol. The van der Waals surface area contributed by atoms with Crippen molar-refractivity contribution < 1.29 is 18.5 Å². The van der Waals surface area contributed by atoms with Gasteiger partial charge in [0.25, 0.3) is 11.8 Å². The molecule has 25 heavy (non-hydrogen) atoms. The highest BCUT2D eigenvalue weighted by atomic mass is 19.1. The van der Waals surface area contributed by atoms with Gasteiger partial charge in [0.2, 0.25) is 0 Å². The van der Waals surface area contributed by atoms with Crippen LogP contribution in [0, 0.1) is 12.7 Å². The zero-order chi connectivity index (χ0) is 17.8. The van der Waals surface area contributed by atoms with E-state index in [9.17, 15) is 14.0 Å². The van der Waals surface area contributed by atoms with E-state index in [4.69, 9.17) is 4.52 Å². The van der Waals surface area contributed by atoms with Crippen molar-refractivity contribution in [3.05, 3.63) is 71.5 Å². The maximum atomic E-state index is 13.6. The predicted molar refractivity (Wildman–Crippen MR) is 87.8 cm³/mol. The zero-order valence-corrected chi connectivity index (χ0v) is 13.1. The number of aryl methyl sites for hydroxylation is 1. The quantitative estimate of drug-likeness (QED) is 0.761. The standard InChI is InChI=1S/C17H13FN4O3/c1-10-8-15(22-25-10)21-17(24)14-9-11(6-7-19-14)16(23)20-13-5-3-2-4-12(13)18/h2-9H,1H3,(H,20,23)(H,21,22,24). The number of carbonyl (C=O) groups is 2. The first-order valence-electron chi connectivity index (χ1n) is 7.29. The Hall–Kier alpha value is -3.55.